The maximum absolute atomic E-state index is 13.0. The lowest BCUT2D eigenvalue weighted by molar-refractivity contribution is -0.121. The van der Waals surface area contributed by atoms with Crippen molar-refractivity contribution in [1.29, 1.82) is 0 Å². The number of aryl methyl sites for hydroxylation is 2. The lowest BCUT2D eigenvalue weighted by Gasteiger charge is -2.23. The monoisotopic (exact) mass is 455 g/mol. The van der Waals surface area contributed by atoms with E-state index in [4.69, 9.17) is 0 Å². The van der Waals surface area contributed by atoms with Gasteiger partial charge in [-0.2, -0.15) is 0 Å². The number of hydrogen-bond acceptors (Lipinski definition) is 2. The molecule has 0 radical (unpaired) electrons. The molecule has 2 N–H and O–H groups in total. The van der Waals surface area contributed by atoms with E-state index >= 15 is 0 Å². The van der Waals surface area contributed by atoms with E-state index in [-0.39, 0.29) is 18.0 Å². The van der Waals surface area contributed by atoms with E-state index in [1.54, 1.807) is 0 Å². The fourth-order valence-corrected chi connectivity index (χ4v) is 4.41. The number of fused-ring (bicyclic) bond motifs is 1. The molecule has 4 rings (SSSR count). The van der Waals surface area contributed by atoms with Gasteiger partial charge in [0.1, 0.15) is 0 Å². The molecule has 1 aliphatic heterocycles. The van der Waals surface area contributed by atoms with Gasteiger partial charge in [-0.25, -0.2) is 4.79 Å². The summed E-state index contributed by atoms with van der Waals surface area (Å²) in [6.07, 6.45) is 5.24. The first-order chi connectivity index (χ1) is 16.6. The Morgan fingerprint density at radius 1 is 0.882 bits per heavy atom. The number of rotatable bonds is 7. The zero-order valence-electron chi connectivity index (χ0n) is 19.8. The van der Waals surface area contributed by atoms with Gasteiger partial charge in [0.2, 0.25) is 5.91 Å². The molecular formula is C29H33N3O2. The summed E-state index contributed by atoms with van der Waals surface area (Å²) in [7, 11) is 0. The first kappa shape index (κ1) is 23.6. The normalized spacial score (nSPS) is 14.0. The summed E-state index contributed by atoms with van der Waals surface area (Å²) >= 11 is 0. The molecule has 5 nitrogen and oxygen atoms in total. The van der Waals surface area contributed by atoms with Gasteiger partial charge in [-0.3, -0.25) is 9.69 Å². The van der Waals surface area contributed by atoms with Crippen molar-refractivity contribution in [3.05, 3.63) is 95.6 Å². The number of carbonyl (C=O) groups is 2. The highest BCUT2D eigenvalue weighted by Crippen LogP contribution is 2.26. The largest absolute Gasteiger partial charge is 0.353 e. The Morgan fingerprint density at radius 2 is 1.62 bits per heavy atom. The first-order valence-corrected chi connectivity index (χ1v) is 12.2. The zero-order valence-corrected chi connectivity index (χ0v) is 19.8. The van der Waals surface area contributed by atoms with Gasteiger partial charge in [-0.1, -0.05) is 60.7 Å². The zero-order chi connectivity index (χ0) is 23.8. The van der Waals surface area contributed by atoms with Crippen molar-refractivity contribution in [3.63, 3.8) is 0 Å². The quantitative estimate of drug-likeness (QED) is 0.477. The molecule has 0 bridgehead atoms. The highest BCUT2D eigenvalue weighted by molar-refractivity contribution is 6.02. The third kappa shape index (κ3) is 6.47. The molecular weight excluding hydrogens is 422 g/mol. The standard InChI is InChI=1S/C29H33N3O2/c1-22(14-15-23-9-3-2-4-10-23)30-28(33)21-24-16-18-26(19-17-24)31-29(34)32-20-8-7-12-25-11-5-6-13-27(25)32/h2-6,9-11,13,16-19,22H,7-8,12,14-15,20-21H2,1H3,(H,30,33)(H,31,34)/t22-/m1/s1. The molecule has 3 aromatic rings. The number of benzene rings is 3. The van der Waals surface area contributed by atoms with Crippen LogP contribution in [0.15, 0.2) is 78.9 Å². The van der Waals surface area contributed by atoms with Gasteiger partial charge in [0.05, 0.1) is 6.42 Å². The minimum Gasteiger partial charge on any atom is -0.353 e. The number of hydrogen-bond donors (Lipinski definition) is 2. The van der Waals surface area contributed by atoms with Crippen molar-refractivity contribution in [2.75, 3.05) is 16.8 Å². The summed E-state index contributed by atoms with van der Waals surface area (Å²) in [5, 5.41) is 6.10. The second kappa shape index (κ2) is 11.5. The lowest BCUT2D eigenvalue weighted by Crippen LogP contribution is -2.35. The van der Waals surface area contributed by atoms with Gasteiger partial charge < -0.3 is 10.6 Å². The number of amides is 3. The van der Waals surface area contributed by atoms with Crippen LogP contribution in [0.3, 0.4) is 0 Å². The molecule has 0 unspecified atom stereocenters. The SMILES string of the molecule is C[C@H](CCc1ccccc1)NC(=O)Cc1ccc(NC(=O)N2CCCCc3ccccc32)cc1. The van der Waals surface area contributed by atoms with Gasteiger partial charge in [0, 0.05) is 24.0 Å². The first-order valence-electron chi connectivity index (χ1n) is 12.2. The van der Waals surface area contributed by atoms with E-state index in [2.05, 4.69) is 28.8 Å². The van der Waals surface area contributed by atoms with Crippen LogP contribution in [0.1, 0.15) is 42.9 Å². The summed E-state index contributed by atoms with van der Waals surface area (Å²) in [5.74, 6) is 0.0125. The number of anilines is 2. The molecule has 0 aliphatic carbocycles. The van der Waals surface area contributed by atoms with Gasteiger partial charge in [-0.05, 0) is 73.9 Å². The van der Waals surface area contributed by atoms with Crippen LogP contribution >= 0.6 is 0 Å². The Labute approximate surface area is 202 Å². The Hall–Kier alpha value is -3.60. The number of urea groups is 1. The molecule has 0 spiro atoms. The smallest absolute Gasteiger partial charge is 0.326 e. The van der Waals surface area contributed by atoms with Crippen LogP contribution in [0.2, 0.25) is 0 Å². The molecule has 176 valence electrons. The maximum atomic E-state index is 13.0. The van der Waals surface area contributed by atoms with Crippen LogP contribution in [0.5, 0.6) is 0 Å². The number of carbonyl (C=O) groups excluding carboxylic acids is 2. The molecule has 1 heterocycles. The molecule has 3 amide bonds. The van der Waals surface area contributed by atoms with E-state index in [1.807, 2.05) is 72.5 Å². The Kier molecular flexibility index (Phi) is 7.97. The van der Waals surface area contributed by atoms with E-state index in [0.717, 1.165) is 49.0 Å². The van der Waals surface area contributed by atoms with Crippen molar-refractivity contribution in [2.24, 2.45) is 0 Å². The van der Waals surface area contributed by atoms with Crippen molar-refractivity contribution < 1.29 is 9.59 Å². The van der Waals surface area contributed by atoms with E-state index in [0.29, 0.717) is 13.0 Å². The molecule has 0 saturated carbocycles. The second-order valence-electron chi connectivity index (χ2n) is 9.03. The number of nitrogens with zero attached hydrogens (tertiary/aromatic N) is 1. The average molecular weight is 456 g/mol. The molecule has 34 heavy (non-hydrogen) atoms. The molecule has 3 aromatic carbocycles. The summed E-state index contributed by atoms with van der Waals surface area (Å²) in [4.78, 5) is 27.3. The minimum atomic E-state index is -0.118. The van der Waals surface area contributed by atoms with Crippen LogP contribution in [0.25, 0.3) is 0 Å². The van der Waals surface area contributed by atoms with Crippen molar-refractivity contribution >= 4 is 23.3 Å². The molecule has 1 aliphatic rings. The topological polar surface area (TPSA) is 61.4 Å². The minimum absolute atomic E-state index is 0.0125. The maximum Gasteiger partial charge on any atom is 0.326 e. The van der Waals surface area contributed by atoms with E-state index < -0.39 is 0 Å². The third-order valence-electron chi connectivity index (χ3n) is 6.29. The third-order valence-corrected chi connectivity index (χ3v) is 6.29. The van der Waals surface area contributed by atoms with E-state index in [1.165, 1.54) is 11.1 Å². The summed E-state index contributed by atoms with van der Waals surface area (Å²) in [6, 6.07) is 26.0. The Balaban J connectivity index is 1.27. The molecule has 0 fully saturated rings. The fraction of sp³-hybridized carbons (Fsp3) is 0.310. The van der Waals surface area contributed by atoms with Crippen LogP contribution in [-0.2, 0) is 24.1 Å². The van der Waals surface area contributed by atoms with Gasteiger partial charge >= 0.3 is 6.03 Å². The predicted molar refractivity (Wildman–Crippen MR) is 138 cm³/mol. The van der Waals surface area contributed by atoms with Crippen LogP contribution in [0, 0.1) is 0 Å². The van der Waals surface area contributed by atoms with Crippen LogP contribution < -0.4 is 15.5 Å². The van der Waals surface area contributed by atoms with Crippen LogP contribution in [0.4, 0.5) is 16.2 Å². The highest BCUT2D eigenvalue weighted by Gasteiger charge is 2.21. The summed E-state index contributed by atoms with van der Waals surface area (Å²) in [5.41, 5.74) is 5.14. The molecule has 0 saturated heterocycles. The Bertz CT molecular complexity index is 1100. The van der Waals surface area contributed by atoms with E-state index in [9.17, 15) is 9.59 Å². The second-order valence-corrected chi connectivity index (χ2v) is 9.03. The fourth-order valence-electron chi connectivity index (χ4n) is 4.41. The number of nitrogens with one attached hydrogen (secondary N) is 2. The van der Waals surface area contributed by atoms with Crippen molar-refractivity contribution in [3.8, 4) is 0 Å². The van der Waals surface area contributed by atoms with Crippen molar-refractivity contribution in [2.45, 2.75) is 51.5 Å². The predicted octanol–water partition coefficient (Wildman–Crippen LogP) is 5.74. The van der Waals surface area contributed by atoms with Gasteiger partial charge in [0.15, 0.2) is 0 Å². The molecule has 1 atom stereocenters. The van der Waals surface area contributed by atoms with Gasteiger partial charge in [-0.15, -0.1) is 0 Å². The highest BCUT2D eigenvalue weighted by atomic mass is 16.2. The lowest BCUT2D eigenvalue weighted by atomic mass is 10.1. The summed E-state index contributed by atoms with van der Waals surface area (Å²) < 4.78 is 0. The van der Waals surface area contributed by atoms with Gasteiger partial charge in [0.25, 0.3) is 0 Å². The molecule has 5 heteroatoms. The Morgan fingerprint density at radius 3 is 2.41 bits per heavy atom. The van der Waals surface area contributed by atoms with Crippen molar-refractivity contribution in [1.82, 2.24) is 5.32 Å². The number of para-hydroxylation sites is 1. The summed E-state index contributed by atoms with van der Waals surface area (Å²) in [6.45, 7) is 2.75. The molecule has 0 aromatic heterocycles. The average Bonchev–Trinajstić information content (AvgIpc) is 3.07. The van der Waals surface area contributed by atoms with Crippen LogP contribution in [-0.4, -0.2) is 24.5 Å².